The first-order valence-electron chi connectivity index (χ1n) is 5.14. The molecule has 0 fully saturated rings. The maximum absolute atomic E-state index is 5.61. The highest BCUT2D eigenvalue weighted by Gasteiger charge is 1.99. The highest BCUT2D eigenvalue weighted by molar-refractivity contribution is 7.09. The number of rotatable bonds is 5. The van der Waals surface area contributed by atoms with Gasteiger partial charge in [-0.25, -0.2) is 4.98 Å². The Bertz CT molecular complexity index is 428. The minimum absolute atomic E-state index is 0.591. The van der Waals surface area contributed by atoms with Gasteiger partial charge in [0.15, 0.2) is 0 Å². The van der Waals surface area contributed by atoms with Crippen LogP contribution >= 0.6 is 11.3 Å². The average Bonchev–Trinajstić information content (AvgIpc) is 2.80. The van der Waals surface area contributed by atoms with Gasteiger partial charge in [0.25, 0.3) is 0 Å². The Hall–Kier alpha value is -1.39. The second-order valence-corrected chi connectivity index (χ2v) is 4.40. The Morgan fingerprint density at radius 3 is 3.00 bits per heavy atom. The van der Waals surface area contributed by atoms with E-state index in [9.17, 15) is 0 Å². The summed E-state index contributed by atoms with van der Waals surface area (Å²) in [5.41, 5.74) is 0.992. The van der Waals surface area contributed by atoms with Crippen LogP contribution in [0.2, 0.25) is 0 Å². The van der Waals surface area contributed by atoms with Crippen LogP contribution in [0.3, 0.4) is 0 Å². The number of hydrogen-bond acceptors (Lipinski definition) is 4. The lowest BCUT2D eigenvalue weighted by atomic mass is 10.3. The molecule has 4 heteroatoms. The number of nitrogens with zero attached hydrogens (tertiary/aromatic N) is 1. The van der Waals surface area contributed by atoms with E-state index < -0.39 is 0 Å². The molecule has 0 aliphatic carbocycles. The number of pyridine rings is 1. The Morgan fingerprint density at radius 2 is 2.25 bits per heavy atom. The van der Waals surface area contributed by atoms with Crippen LogP contribution in [0.15, 0.2) is 35.7 Å². The Labute approximate surface area is 99.1 Å². The summed E-state index contributed by atoms with van der Waals surface area (Å²) in [5.74, 6) is 0.682. The van der Waals surface area contributed by atoms with Crippen molar-refractivity contribution in [2.75, 3.05) is 7.05 Å². The molecule has 0 unspecified atom stereocenters. The van der Waals surface area contributed by atoms with E-state index in [0.29, 0.717) is 12.5 Å². The lowest BCUT2D eigenvalue weighted by Crippen LogP contribution is -2.07. The standard InChI is InChI=1S/C12H14N2OS/c1-13-8-10-4-2-6-12(14-10)15-9-11-5-3-7-16-11/h2-7,13H,8-9H2,1H3. The molecule has 0 aliphatic heterocycles. The minimum atomic E-state index is 0.591. The first kappa shape index (κ1) is 11.1. The highest BCUT2D eigenvalue weighted by atomic mass is 32.1. The molecular weight excluding hydrogens is 220 g/mol. The van der Waals surface area contributed by atoms with Crippen molar-refractivity contribution in [1.29, 1.82) is 0 Å². The Morgan fingerprint density at radius 1 is 1.31 bits per heavy atom. The first-order chi connectivity index (χ1) is 7.88. The molecule has 84 valence electrons. The van der Waals surface area contributed by atoms with Crippen molar-refractivity contribution in [3.05, 3.63) is 46.3 Å². The van der Waals surface area contributed by atoms with E-state index in [4.69, 9.17) is 4.74 Å². The van der Waals surface area contributed by atoms with Gasteiger partial charge in [0.1, 0.15) is 6.61 Å². The third kappa shape index (κ3) is 3.05. The van der Waals surface area contributed by atoms with E-state index in [1.54, 1.807) is 11.3 Å². The highest BCUT2D eigenvalue weighted by Crippen LogP contribution is 2.13. The van der Waals surface area contributed by atoms with Gasteiger partial charge < -0.3 is 10.1 Å². The molecule has 0 aliphatic rings. The van der Waals surface area contributed by atoms with Gasteiger partial charge >= 0.3 is 0 Å². The zero-order chi connectivity index (χ0) is 11.2. The summed E-state index contributed by atoms with van der Waals surface area (Å²) in [7, 11) is 1.90. The minimum Gasteiger partial charge on any atom is -0.472 e. The largest absolute Gasteiger partial charge is 0.472 e. The number of aromatic nitrogens is 1. The third-order valence-electron chi connectivity index (χ3n) is 2.08. The fourth-order valence-electron chi connectivity index (χ4n) is 1.36. The SMILES string of the molecule is CNCc1cccc(OCc2cccs2)n1. The van der Waals surface area contributed by atoms with Gasteiger partial charge in [-0.1, -0.05) is 12.1 Å². The smallest absolute Gasteiger partial charge is 0.213 e. The van der Waals surface area contributed by atoms with Crippen LogP contribution in [-0.4, -0.2) is 12.0 Å². The fourth-order valence-corrected chi connectivity index (χ4v) is 1.97. The molecule has 0 spiro atoms. The molecule has 0 saturated heterocycles. The normalized spacial score (nSPS) is 10.3. The number of nitrogens with one attached hydrogen (secondary N) is 1. The first-order valence-corrected chi connectivity index (χ1v) is 6.02. The van der Waals surface area contributed by atoms with E-state index >= 15 is 0 Å². The van der Waals surface area contributed by atoms with Crippen molar-refractivity contribution >= 4 is 11.3 Å². The Balaban J connectivity index is 1.96. The van der Waals surface area contributed by atoms with E-state index in [1.807, 2.05) is 36.7 Å². The average molecular weight is 234 g/mol. The molecule has 3 nitrogen and oxygen atoms in total. The number of hydrogen-bond donors (Lipinski definition) is 1. The lowest BCUT2D eigenvalue weighted by molar-refractivity contribution is 0.296. The van der Waals surface area contributed by atoms with E-state index in [-0.39, 0.29) is 0 Å². The van der Waals surface area contributed by atoms with Crippen molar-refractivity contribution in [2.45, 2.75) is 13.2 Å². The molecule has 2 rings (SSSR count). The number of thiophene rings is 1. The zero-order valence-electron chi connectivity index (χ0n) is 9.14. The predicted octanol–water partition coefficient (Wildman–Crippen LogP) is 2.44. The molecule has 2 heterocycles. The van der Waals surface area contributed by atoms with Gasteiger partial charge in [0, 0.05) is 17.5 Å². The summed E-state index contributed by atoms with van der Waals surface area (Å²) < 4.78 is 5.61. The molecule has 1 N–H and O–H groups in total. The van der Waals surface area contributed by atoms with Gasteiger partial charge in [-0.3, -0.25) is 0 Å². The van der Waals surface area contributed by atoms with Crippen molar-refractivity contribution in [2.24, 2.45) is 0 Å². The summed E-state index contributed by atoms with van der Waals surface area (Å²) in [6, 6.07) is 9.90. The fraction of sp³-hybridized carbons (Fsp3) is 0.250. The van der Waals surface area contributed by atoms with Crippen LogP contribution in [0, 0.1) is 0 Å². The summed E-state index contributed by atoms with van der Waals surface area (Å²) in [6.45, 7) is 1.35. The summed E-state index contributed by atoms with van der Waals surface area (Å²) >= 11 is 1.69. The van der Waals surface area contributed by atoms with Crippen molar-refractivity contribution in [3.63, 3.8) is 0 Å². The van der Waals surface area contributed by atoms with Crippen molar-refractivity contribution in [1.82, 2.24) is 10.3 Å². The molecule has 0 aromatic carbocycles. The zero-order valence-corrected chi connectivity index (χ0v) is 9.96. The van der Waals surface area contributed by atoms with E-state index in [0.717, 1.165) is 12.2 Å². The quantitative estimate of drug-likeness (QED) is 0.862. The van der Waals surface area contributed by atoms with Crippen LogP contribution in [0.1, 0.15) is 10.6 Å². The van der Waals surface area contributed by atoms with Gasteiger partial charge in [-0.15, -0.1) is 11.3 Å². The summed E-state index contributed by atoms with van der Waals surface area (Å²) in [5, 5.41) is 5.11. The predicted molar refractivity (Wildman–Crippen MR) is 65.7 cm³/mol. The molecule has 0 bridgehead atoms. The molecule has 2 aromatic heterocycles. The second-order valence-electron chi connectivity index (χ2n) is 3.37. The molecule has 0 radical (unpaired) electrons. The van der Waals surface area contributed by atoms with Crippen LogP contribution in [0.25, 0.3) is 0 Å². The molecular formula is C12H14N2OS. The van der Waals surface area contributed by atoms with Gasteiger partial charge in [0.05, 0.1) is 5.69 Å². The van der Waals surface area contributed by atoms with Crippen LogP contribution in [0.4, 0.5) is 0 Å². The second kappa shape index (κ2) is 5.63. The molecule has 0 atom stereocenters. The van der Waals surface area contributed by atoms with Crippen LogP contribution in [0.5, 0.6) is 5.88 Å². The van der Waals surface area contributed by atoms with E-state index in [2.05, 4.69) is 16.4 Å². The number of ether oxygens (including phenoxy) is 1. The monoisotopic (exact) mass is 234 g/mol. The molecule has 0 amide bonds. The summed E-state index contributed by atoms with van der Waals surface area (Å²) in [6.07, 6.45) is 0. The van der Waals surface area contributed by atoms with Crippen LogP contribution < -0.4 is 10.1 Å². The lowest BCUT2D eigenvalue weighted by Gasteiger charge is -2.05. The molecule has 2 aromatic rings. The van der Waals surface area contributed by atoms with E-state index in [1.165, 1.54) is 4.88 Å². The van der Waals surface area contributed by atoms with Gasteiger partial charge in [-0.2, -0.15) is 0 Å². The Kier molecular flexibility index (Phi) is 3.91. The maximum atomic E-state index is 5.61. The van der Waals surface area contributed by atoms with Crippen LogP contribution in [-0.2, 0) is 13.2 Å². The van der Waals surface area contributed by atoms with Gasteiger partial charge in [-0.05, 0) is 24.6 Å². The van der Waals surface area contributed by atoms with Gasteiger partial charge in [0.2, 0.25) is 5.88 Å². The topological polar surface area (TPSA) is 34.1 Å². The van der Waals surface area contributed by atoms with Crippen molar-refractivity contribution in [3.8, 4) is 5.88 Å². The molecule has 16 heavy (non-hydrogen) atoms. The molecule has 0 saturated carbocycles. The van der Waals surface area contributed by atoms with Crippen molar-refractivity contribution < 1.29 is 4.74 Å². The maximum Gasteiger partial charge on any atom is 0.213 e. The summed E-state index contributed by atoms with van der Waals surface area (Å²) in [4.78, 5) is 5.59. The third-order valence-corrected chi connectivity index (χ3v) is 2.93.